The minimum Gasteiger partial charge on any atom is -0.340 e. The molecular weight excluding hydrogens is 288 g/mol. The monoisotopic (exact) mass is 302 g/mol. The SMILES string of the molecule is CCN1/C(=C2/SC(=S)NC2=O)C=Cc2cccc(C)c21. The summed E-state index contributed by atoms with van der Waals surface area (Å²) in [6, 6.07) is 6.24. The fraction of sp³-hybridized carbons (Fsp3) is 0.200. The lowest BCUT2D eigenvalue weighted by molar-refractivity contribution is -0.115. The van der Waals surface area contributed by atoms with Crippen LogP contribution in [0.1, 0.15) is 18.1 Å². The molecule has 0 aliphatic carbocycles. The van der Waals surface area contributed by atoms with Crippen LogP contribution in [0.4, 0.5) is 5.69 Å². The van der Waals surface area contributed by atoms with Gasteiger partial charge < -0.3 is 10.2 Å². The Hall–Kier alpha value is -1.59. The predicted octanol–water partition coefficient (Wildman–Crippen LogP) is 3.21. The second-order valence-electron chi connectivity index (χ2n) is 4.65. The second kappa shape index (κ2) is 5.07. The van der Waals surface area contributed by atoms with Crippen molar-refractivity contribution in [3.8, 4) is 0 Å². The van der Waals surface area contributed by atoms with Gasteiger partial charge in [-0.15, -0.1) is 0 Å². The molecule has 1 amide bonds. The molecule has 1 aromatic rings. The van der Waals surface area contributed by atoms with Gasteiger partial charge in [0.05, 0.1) is 11.4 Å². The van der Waals surface area contributed by atoms with Crippen LogP contribution in [-0.2, 0) is 4.79 Å². The zero-order valence-electron chi connectivity index (χ0n) is 11.3. The fourth-order valence-electron chi connectivity index (χ4n) is 2.57. The summed E-state index contributed by atoms with van der Waals surface area (Å²) in [5.74, 6) is -0.102. The van der Waals surface area contributed by atoms with Crippen molar-refractivity contribution in [2.24, 2.45) is 0 Å². The van der Waals surface area contributed by atoms with Gasteiger partial charge in [-0.2, -0.15) is 0 Å². The number of allylic oxidation sites excluding steroid dienone is 1. The largest absolute Gasteiger partial charge is 0.340 e. The van der Waals surface area contributed by atoms with E-state index in [0.717, 1.165) is 12.2 Å². The molecule has 0 saturated carbocycles. The normalized spacial score (nSPS) is 21.2. The number of likely N-dealkylation sites (N-methyl/N-ethyl adjacent to an activating group) is 1. The van der Waals surface area contributed by atoms with E-state index in [2.05, 4.69) is 48.3 Å². The lowest BCUT2D eigenvalue weighted by atomic mass is 10.0. The van der Waals surface area contributed by atoms with Gasteiger partial charge in [-0.25, -0.2) is 0 Å². The second-order valence-corrected chi connectivity index (χ2v) is 6.34. The number of hydrogen-bond donors (Lipinski definition) is 1. The number of anilines is 1. The molecule has 1 saturated heterocycles. The van der Waals surface area contributed by atoms with Crippen molar-refractivity contribution in [3.05, 3.63) is 46.0 Å². The maximum Gasteiger partial charge on any atom is 0.265 e. The maximum absolute atomic E-state index is 12.0. The molecule has 1 aromatic carbocycles. The summed E-state index contributed by atoms with van der Waals surface area (Å²) < 4.78 is 0.525. The van der Waals surface area contributed by atoms with Gasteiger partial charge >= 0.3 is 0 Å². The van der Waals surface area contributed by atoms with Gasteiger partial charge in [0.25, 0.3) is 5.91 Å². The van der Waals surface area contributed by atoms with Gasteiger partial charge in [0, 0.05) is 6.54 Å². The first kappa shape index (κ1) is 13.4. The number of para-hydroxylation sites is 1. The lowest BCUT2D eigenvalue weighted by Crippen LogP contribution is -2.27. The highest BCUT2D eigenvalue weighted by Crippen LogP contribution is 2.38. The fourth-order valence-corrected chi connectivity index (χ4v) is 3.67. The predicted molar refractivity (Wildman–Crippen MR) is 88.6 cm³/mol. The molecule has 3 rings (SSSR count). The van der Waals surface area contributed by atoms with Gasteiger partial charge in [-0.3, -0.25) is 4.79 Å². The number of carbonyl (C=O) groups is 1. The van der Waals surface area contributed by atoms with Crippen LogP contribution in [0.25, 0.3) is 6.08 Å². The summed E-state index contributed by atoms with van der Waals surface area (Å²) in [5, 5.41) is 2.68. The Kier molecular flexibility index (Phi) is 3.40. The lowest BCUT2D eigenvalue weighted by Gasteiger charge is -2.31. The van der Waals surface area contributed by atoms with Crippen molar-refractivity contribution < 1.29 is 4.79 Å². The number of aryl methyl sites for hydroxylation is 1. The van der Waals surface area contributed by atoms with Gasteiger partial charge in [-0.1, -0.05) is 48.3 Å². The minimum atomic E-state index is -0.102. The van der Waals surface area contributed by atoms with E-state index in [1.165, 1.54) is 28.6 Å². The Morgan fingerprint density at radius 2 is 2.15 bits per heavy atom. The molecule has 0 spiro atoms. The molecular formula is C15H14N2OS2. The Bertz CT molecular complexity index is 676. The highest BCUT2D eigenvalue weighted by atomic mass is 32.2. The Morgan fingerprint density at radius 3 is 2.80 bits per heavy atom. The van der Waals surface area contributed by atoms with E-state index >= 15 is 0 Å². The van der Waals surface area contributed by atoms with Crippen LogP contribution in [0.2, 0.25) is 0 Å². The third-order valence-electron chi connectivity index (χ3n) is 3.42. The summed E-state index contributed by atoms with van der Waals surface area (Å²) in [7, 11) is 0. The number of thiocarbonyl (C=S) groups is 1. The number of nitrogens with one attached hydrogen (secondary N) is 1. The standard InChI is InChI=1S/C15H14N2OS2/c1-3-17-11(13-14(18)16-15(19)20-13)8-7-10-6-4-5-9(2)12(10)17/h4-8H,3H2,1-2H3,(H,16,18,19)/b13-11+. The number of benzene rings is 1. The summed E-state index contributed by atoms with van der Waals surface area (Å²) in [6.45, 7) is 4.99. The summed E-state index contributed by atoms with van der Waals surface area (Å²) in [4.78, 5) is 14.9. The van der Waals surface area contributed by atoms with E-state index in [0.29, 0.717) is 9.23 Å². The molecule has 2 heterocycles. The van der Waals surface area contributed by atoms with Crippen LogP contribution >= 0.6 is 24.0 Å². The Morgan fingerprint density at radius 1 is 1.35 bits per heavy atom. The molecule has 102 valence electrons. The van der Waals surface area contributed by atoms with Crippen molar-refractivity contribution in [2.45, 2.75) is 13.8 Å². The van der Waals surface area contributed by atoms with E-state index in [1.807, 2.05) is 6.08 Å². The summed E-state index contributed by atoms with van der Waals surface area (Å²) in [5.41, 5.74) is 4.49. The number of fused-ring (bicyclic) bond motifs is 1. The average molecular weight is 302 g/mol. The molecule has 20 heavy (non-hydrogen) atoms. The van der Waals surface area contributed by atoms with E-state index in [1.54, 1.807) is 0 Å². The van der Waals surface area contributed by atoms with E-state index in [4.69, 9.17) is 12.2 Å². The molecule has 5 heteroatoms. The third kappa shape index (κ3) is 2.07. The van der Waals surface area contributed by atoms with Crippen molar-refractivity contribution in [2.75, 3.05) is 11.4 Å². The van der Waals surface area contributed by atoms with Gasteiger partial charge in [0.1, 0.15) is 9.23 Å². The number of rotatable bonds is 1. The van der Waals surface area contributed by atoms with Gasteiger partial charge in [-0.05, 0) is 31.1 Å². The topological polar surface area (TPSA) is 32.3 Å². The first-order chi connectivity index (χ1) is 9.61. The Balaban J connectivity index is 2.17. The Labute approximate surface area is 127 Å². The zero-order chi connectivity index (χ0) is 14.3. The summed E-state index contributed by atoms with van der Waals surface area (Å²) in [6.07, 6.45) is 4.06. The third-order valence-corrected chi connectivity index (χ3v) is 4.65. The van der Waals surface area contributed by atoms with Crippen LogP contribution < -0.4 is 10.2 Å². The molecule has 1 N–H and O–H groups in total. The van der Waals surface area contributed by atoms with Crippen LogP contribution in [0, 0.1) is 6.92 Å². The molecule has 0 bridgehead atoms. The van der Waals surface area contributed by atoms with Crippen molar-refractivity contribution in [3.63, 3.8) is 0 Å². The number of carbonyl (C=O) groups excluding carboxylic acids is 1. The van der Waals surface area contributed by atoms with E-state index in [9.17, 15) is 4.79 Å². The van der Waals surface area contributed by atoms with Crippen LogP contribution in [0.15, 0.2) is 34.9 Å². The van der Waals surface area contributed by atoms with Gasteiger partial charge in [0.15, 0.2) is 0 Å². The van der Waals surface area contributed by atoms with Crippen LogP contribution in [0.5, 0.6) is 0 Å². The van der Waals surface area contributed by atoms with Gasteiger partial charge in [0.2, 0.25) is 0 Å². The first-order valence-corrected chi connectivity index (χ1v) is 7.67. The molecule has 0 unspecified atom stereocenters. The van der Waals surface area contributed by atoms with Crippen molar-refractivity contribution in [1.82, 2.24) is 5.32 Å². The smallest absolute Gasteiger partial charge is 0.265 e. The number of thioether (sulfide) groups is 1. The van der Waals surface area contributed by atoms with E-state index < -0.39 is 0 Å². The van der Waals surface area contributed by atoms with Crippen molar-refractivity contribution in [1.29, 1.82) is 0 Å². The molecule has 0 aromatic heterocycles. The van der Waals surface area contributed by atoms with E-state index in [-0.39, 0.29) is 5.91 Å². The number of hydrogen-bond acceptors (Lipinski definition) is 4. The molecule has 0 atom stereocenters. The van der Waals surface area contributed by atoms with Crippen LogP contribution in [0.3, 0.4) is 0 Å². The average Bonchev–Trinajstić information content (AvgIpc) is 2.76. The highest BCUT2D eigenvalue weighted by molar-refractivity contribution is 8.26. The quantitative estimate of drug-likeness (QED) is 0.638. The maximum atomic E-state index is 12.0. The number of amides is 1. The van der Waals surface area contributed by atoms with Crippen molar-refractivity contribution >= 4 is 46.0 Å². The van der Waals surface area contributed by atoms with Crippen LogP contribution in [-0.4, -0.2) is 16.8 Å². The molecule has 2 aliphatic rings. The summed E-state index contributed by atoms with van der Waals surface area (Å²) >= 11 is 6.41. The molecule has 3 nitrogen and oxygen atoms in total. The molecule has 0 radical (unpaired) electrons. The molecule has 1 fully saturated rings. The highest BCUT2D eigenvalue weighted by Gasteiger charge is 2.29. The number of nitrogens with zero attached hydrogens (tertiary/aromatic N) is 1. The minimum absolute atomic E-state index is 0.102. The zero-order valence-corrected chi connectivity index (χ0v) is 12.9. The molecule has 2 aliphatic heterocycles. The first-order valence-electron chi connectivity index (χ1n) is 6.44.